The minimum absolute atomic E-state index is 0.0773. The molecule has 0 atom stereocenters. The van der Waals surface area contributed by atoms with Crippen LogP contribution in [-0.2, 0) is 4.79 Å². The third kappa shape index (κ3) is 6.29. The van der Waals surface area contributed by atoms with Gasteiger partial charge in [-0.25, -0.2) is 0 Å². The molecule has 0 spiro atoms. The Bertz CT molecular complexity index is 97.7. The highest BCUT2D eigenvalue weighted by Crippen LogP contribution is 2.02. The fraction of sp³-hybridized carbons (Fsp3) is 0.833. The van der Waals surface area contributed by atoms with Gasteiger partial charge in [-0.1, -0.05) is 31.4 Å². The smallest absolute Gasteiger partial charge is 0.230 e. The molecule has 0 heterocycles. The summed E-state index contributed by atoms with van der Waals surface area (Å²) in [5.41, 5.74) is 0. The molecular formula is C6H13NOS2. The Balaban J connectivity index is 3.05. The van der Waals surface area contributed by atoms with Crippen molar-refractivity contribution in [3.05, 3.63) is 0 Å². The lowest BCUT2D eigenvalue weighted by Crippen LogP contribution is -2.12. The van der Waals surface area contributed by atoms with E-state index in [0.717, 1.165) is 30.2 Å². The van der Waals surface area contributed by atoms with E-state index in [4.69, 9.17) is 0 Å². The second-order valence-electron chi connectivity index (χ2n) is 2.07. The van der Waals surface area contributed by atoms with Gasteiger partial charge in [-0.15, -0.1) is 0 Å². The van der Waals surface area contributed by atoms with Crippen LogP contribution in [0.15, 0.2) is 0 Å². The number of amides is 1. The van der Waals surface area contributed by atoms with Crippen molar-refractivity contribution in [2.24, 2.45) is 0 Å². The topological polar surface area (TPSA) is 29.1 Å². The Morgan fingerprint density at radius 2 is 2.30 bits per heavy atom. The number of carbonyl (C=O) groups excluding carboxylic acids is 1. The van der Waals surface area contributed by atoms with Gasteiger partial charge in [0, 0.05) is 17.4 Å². The third-order valence-electron chi connectivity index (χ3n) is 1.17. The molecule has 4 heteroatoms. The van der Waals surface area contributed by atoms with Gasteiger partial charge in [0.25, 0.3) is 0 Å². The molecule has 0 aromatic rings. The maximum Gasteiger partial charge on any atom is 0.230 e. The first-order valence-electron chi connectivity index (χ1n) is 3.40. The highest BCUT2D eigenvalue weighted by Gasteiger charge is 1.97. The first-order valence-corrected chi connectivity index (χ1v) is 5.27. The molecule has 0 aliphatic carbocycles. The maximum atomic E-state index is 10.7. The lowest BCUT2D eigenvalue weighted by molar-refractivity contribution is -0.119. The van der Waals surface area contributed by atoms with Gasteiger partial charge in [0.05, 0.1) is 0 Å². The van der Waals surface area contributed by atoms with Gasteiger partial charge in [0.1, 0.15) is 0 Å². The van der Waals surface area contributed by atoms with Crippen LogP contribution in [0.5, 0.6) is 0 Å². The van der Waals surface area contributed by atoms with E-state index in [2.05, 4.69) is 23.3 Å². The van der Waals surface area contributed by atoms with E-state index in [-0.39, 0.29) is 5.91 Å². The summed E-state index contributed by atoms with van der Waals surface area (Å²) in [4.78, 5) is 10.7. The van der Waals surface area contributed by atoms with Crippen LogP contribution in [0.4, 0.5) is 0 Å². The zero-order chi connectivity index (χ0) is 7.82. The van der Waals surface area contributed by atoms with E-state index in [0.29, 0.717) is 6.42 Å². The molecule has 1 amide bonds. The molecule has 0 bridgehead atoms. The van der Waals surface area contributed by atoms with Gasteiger partial charge in [-0.2, -0.15) is 0 Å². The Labute approximate surface area is 71.1 Å². The first kappa shape index (κ1) is 10.2. The van der Waals surface area contributed by atoms with Crippen LogP contribution >= 0.6 is 22.6 Å². The van der Waals surface area contributed by atoms with Crippen LogP contribution in [-0.4, -0.2) is 5.91 Å². The average Bonchev–Trinajstić information content (AvgIpc) is 1.89. The molecule has 60 valence electrons. The van der Waals surface area contributed by atoms with Gasteiger partial charge >= 0.3 is 0 Å². The predicted octanol–water partition coefficient (Wildman–Crippen LogP) is 2.18. The van der Waals surface area contributed by atoms with Crippen molar-refractivity contribution in [2.75, 3.05) is 0 Å². The number of thiol groups is 1. The summed E-state index contributed by atoms with van der Waals surface area (Å²) < 4.78 is 2.55. The van der Waals surface area contributed by atoms with Crippen molar-refractivity contribution in [1.29, 1.82) is 0 Å². The number of hydrogen-bond donors (Lipinski definition) is 2. The summed E-state index contributed by atoms with van der Waals surface area (Å²) in [6.45, 7) is 2.12. The van der Waals surface area contributed by atoms with Gasteiger partial charge in [0.15, 0.2) is 0 Å². The number of carbonyl (C=O) groups is 1. The zero-order valence-electron chi connectivity index (χ0n) is 6.09. The van der Waals surface area contributed by atoms with E-state index >= 15 is 0 Å². The third-order valence-corrected chi connectivity index (χ3v) is 1.76. The molecule has 0 radical (unpaired) electrons. The summed E-state index contributed by atoms with van der Waals surface area (Å²) in [5.74, 6) is 0.0773. The Morgan fingerprint density at radius 3 is 2.80 bits per heavy atom. The Hall–Kier alpha value is 0.170. The molecule has 0 saturated heterocycles. The van der Waals surface area contributed by atoms with E-state index < -0.39 is 0 Å². The van der Waals surface area contributed by atoms with Crippen LogP contribution in [0.1, 0.15) is 32.6 Å². The van der Waals surface area contributed by atoms with Crippen LogP contribution < -0.4 is 4.72 Å². The first-order chi connectivity index (χ1) is 4.81. The molecule has 1 N–H and O–H groups in total. The van der Waals surface area contributed by atoms with Crippen molar-refractivity contribution in [1.82, 2.24) is 4.72 Å². The molecule has 10 heavy (non-hydrogen) atoms. The van der Waals surface area contributed by atoms with Crippen LogP contribution in [0.25, 0.3) is 0 Å². The molecular weight excluding hydrogens is 166 g/mol. The summed E-state index contributed by atoms with van der Waals surface area (Å²) in [5, 5.41) is 0. The normalized spacial score (nSPS) is 9.40. The van der Waals surface area contributed by atoms with Crippen LogP contribution in [0, 0.1) is 0 Å². The number of nitrogens with one attached hydrogen (secondary N) is 1. The quantitative estimate of drug-likeness (QED) is 0.293. The van der Waals surface area contributed by atoms with E-state index in [9.17, 15) is 4.79 Å². The fourth-order valence-electron chi connectivity index (χ4n) is 0.637. The molecule has 0 unspecified atom stereocenters. The standard InChI is InChI=1S/C6H13NOS2/c1-2-3-4-5-6(8)7-10-9/h9H,2-5H2,1H3,(H,7,8). The minimum Gasteiger partial charge on any atom is -0.291 e. The lowest BCUT2D eigenvalue weighted by atomic mass is 10.2. The molecule has 0 rings (SSSR count). The molecule has 0 aliphatic heterocycles. The van der Waals surface area contributed by atoms with Crippen LogP contribution in [0.3, 0.4) is 0 Å². The van der Waals surface area contributed by atoms with Crippen molar-refractivity contribution >= 4 is 28.5 Å². The van der Waals surface area contributed by atoms with Gasteiger partial charge in [0.2, 0.25) is 5.91 Å². The minimum atomic E-state index is 0.0773. The average molecular weight is 179 g/mol. The monoisotopic (exact) mass is 179 g/mol. The number of unbranched alkanes of at least 4 members (excludes halogenated alkanes) is 2. The summed E-state index contributed by atoms with van der Waals surface area (Å²) in [6, 6.07) is 0. The van der Waals surface area contributed by atoms with Gasteiger partial charge < -0.3 is 0 Å². The van der Waals surface area contributed by atoms with Crippen molar-refractivity contribution in [2.45, 2.75) is 32.6 Å². The van der Waals surface area contributed by atoms with Gasteiger partial charge in [-0.05, 0) is 6.42 Å². The summed E-state index contributed by atoms with van der Waals surface area (Å²) in [6.07, 6.45) is 3.89. The molecule has 0 aliphatic rings. The van der Waals surface area contributed by atoms with Gasteiger partial charge in [-0.3, -0.25) is 9.52 Å². The van der Waals surface area contributed by atoms with Crippen molar-refractivity contribution in [3.63, 3.8) is 0 Å². The highest BCUT2D eigenvalue weighted by atomic mass is 33.1. The molecule has 2 nitrogen and oxygen atoms in total. The molecule has 0 fully saturated rings. The second-order valence-corrected chi connectivity index (χ2v) is 3.01. The van der Waals surface area contributed by atoms with Crippen LogP contribution in [0.2, 0.25) is 0 Å². The van der Waals surface area contributed by atoms with E-state index in [1.165, 1.54) is 0 Å². The van der Waals surface area contributed by atoms with Crippen molar-refractivity contribution < 1.29 is 4.79 Å². The predicted molar refractivity (Wildman–Crippen MR) is 48.9 cm³/mol. The molecule has 0 aromatic heterocycles. The molecule has 0 aromatic carbocycles. The Morgan fingerprint density at radius 1 is 1.60 bits per heavy atom. The highest BCUT2D eigenvalue weighted by molar-refractivity contribution is 8.68. The molecule has 0 saturated carbocycles. The second kappa shape index (κ2) is 7.28. The van der Waals surface area contributed by atoms with Crippen molar-refractivity contribution in [3.8, 4) is 0 Å². The van der Waals surface area contributed by atoms with E-state index in [1.807, 2.05) is 0 Å². The largest absolute Gasteiger partial charge is 0.291 e. The SMILES string of the molecule is CCCCCC(=O)NSS. The summed E-state index contributed by atoms with van der Waals surface area (Å²) >= 11 is 3.79. The summed E-state index contributed by atoms with van der Waals surface area (Å²) in [7, 11) is 1.06. The fourth-order valence-corrected chi connectivity index (χ4v) is 1.15. The number of hydrogen-bond acceptors (Lipinski definition) is 3. The maximum absolute atomic E-state index is 10.7. The Kier molecular flexibility index (Phi) is 7.40. The number of rotatable bonds is 5. The van der Waals surface area contributed by atoms with E-state index in [1.54, 1.807) is 0 Å². The zero-order valence-corrected chi connectivity index (χ0v) is 7.80. The lowest BCUT2D eigenvalue weighted by Gasteiger charge is -1.97.